The normalized spacial score (nSPS) is 10.1. The molecule has 18 heavy (non-hydrogen) atoms. The van der Waals surface area contributed by atoms with E-state index >= 15 is 0 Å². The van der Waals surface area contributed by atoms with Gasteiger partial charge in [0.2, 0.25) is 0 Å². The lowest BCUT2D eigenvalue weighted by Crippen LogP contribution is -2.00. The van der Waals surface area contributed by atoms with Crippen molar-refractivity contribution < 1.29 is 4.74 Å². The first-order valence-corrected chi connectivity index (χ1v) is 6.30. The Labute approximate surface area is 109 Å². The molecule has 2 aromatic rings. The summed E-state index contributed by atoms with van der Waals surface area (Å²) in [6.45, 7) is 5.62. The van der Waals surface area contributed by atoms with Crippen molar-refractivity contribution in [1.82, 2.24) is 0 Å². The average Bonchev–Trinajstić information content (AvgIpc) is 2.39. The summed E-state index contributed by atoms with van der Waals surface area (Å²) in [6, 6.07) is 16.6. The van der Waals surface area contributed by atoms with Crippen molar-refractivity contribution in [2.75, 3.05) is 11.9 Å². The van der Waals surface area contributed by atoms with Gasteiger partial charge in [-0.1, -0.05) is 35.9 Å². The maximum atomic E-state index is 5.47. The molecule has 0 spiro atoms. The van der Waals surface area contributed by atoms with Crippen molar-refractivity contribution in [3.63, 3.8) is 0 Å². The molecule has 1 N–H and O–H groups in total. The molecule has 0 saturated heterocycles. The van der Waals surface area contributed by atoms with Crippen LogP contribution in [0.5, 0.6) is 5.75 Å². The topological polar surface area (TPSA) is 21.3 Å². The molecule has 2 rings (SSSR count). The van der Waals surface area contributed by atoms with Crippen molar-refractivity contribution in [3.8, 4) is 5.75 Å². The van der Waals surface area contributed by atoms with Gasteiger partial charge in [0, 0.05) is 18.3 Å². The molecule has 0 aliphatic heterocycles. The van der Waals surface area contributed by atoms with Crippen molar-refractivity contribution in [2.24, 2.45) is 0 Å². The zero-order chi connectivity index (χ0) is 12.8. The lowest BCUT2D eigenvalue weighted by atomic mass is 10.1. The minimum Gasteiger partial charge on any atom is -0.494 e. The van der Waals surface area contributed by atoms with Crippen LogP contribution >= 0.6 is 0 Å². The Balaban J connectivity index is 1.97. The van der Waals surface area contributed by atoms with Crippen LogP contribution in [0.4, 0.5) is 5.69 Å². The molecule has 0 saturated carbocycles. The number of hydrogen-bond donors (Lipinski definition) is 1. The van der Waals surface area contributed by atoms with Crippen LogP contribution in [0.15, 0.2) is 48.5 Å². The second-order valence-corrected chi connectivity index (χ2v) is 4.30. The van der Waals surface area contributed by atoms with Crippen molar-refractivity contribution >= 4 is 5.69 Å². The highest BCUT2D eigenvalue weighted by Crippen LogP contribution is 2.18. The van der Waals surface area contributed by atoms with Crippen LogP contribution in [0.1, 0.15) is 18.1 Å². The fourth-order valence-electron chi connectivity index (χ4n) is 1.77. The predicted molar refractivity (Wildman–Crippen MR) is 76.1 cm³/mol. The fraction of sp³-hybridized carbons (Fsp3) is 0.250. The van der Waals surface area contributed by atoms with E-state index in [0.717, 1.165) is 18.0 Å². The lowest BCUT2D eigenvalue weighted by Gasteiger charge is -2.09. The molecule has 2 aromatic carbocycles. The summed E-state index contributed by atoms with van der Waals surface area (Å²) in [5.41, 5.74) is 3.65. The van der Waals surface area contributed by atoms with E-state index in [4.69, 9.17) is 4.74 Å². The molecule has 0 aliphatic rings. The molecule has 0 aliphatic carbocycles. The van der Waals surface area contributed by atoms with E-state index in [1.54, 1.807) is 0 Å². The van der Waals surface area contributed by atoms with Crippen molar-refractivity contribution in [1.29, 1.82) is 0 Å². The number of hydrogen-bond acceptors (Lipinski definition) is 2. The first-order valence-electron chi connectivity index (χ1n) is 6.30. The SMILES string of the molecule is CCOc1cccc(NCc2ccc(C)cc2)c1. The van der Waals surface area contributed by atoms with Crippen molar-refractivity contribution in [3.05, 3.63) is 59.7 Å². The summed E-state index contributed by atoms with van der Waals surface area (Å²) in [7, 11) is 0. The van der Waals surface area contributed by atoms with Gasteiger partial charge in [-0.3, -0.25) is 0 Å². The Morgan fingerprint density at radius 1 is 1.06 bits per heavy atom. The van der Waals surface area contributed by atoms with E-state index in [0.29, 0.717) is 6.61 Å². The molecule has 0 atom stereocenters. The monoisotopic (exact) mass is 241 g/mol. The first-order chi connectivity index (χ1) is 8.78. The Bertz CT molecular complexity index is 491. The minimum absolute atomic E-state index is 0.696. The van der Waals surface area contributed by atoms with Gasteiger partial charge >= 0.3 is 0 Å². The highest BCUT2D eigenvalue weighted by Gasteiger charge is 1.97. The number of aryl methyl sites for hydroxylation is 1. The van der Waals surface area contributed by atoms with Crippen LogP contribution in [-0.4, -0.2) is 6.61 Å². The molecule has 0 aromatic heterocycles. The van der Waals surface area contributed by atoms with Crippen LogP contribution in [0.25, 0.3) is 0 Å². The first kappa shape index (κ1) is 12.5. The second kappa shape index (κ2) is 6.10. The number of nitrogens with one attached hydrogen (secondary N) is 1. The third-order valence-electron chi connectivity index (χ3n) is 2.76. The average molecular weight is 241 g/mol. The standard InChI is InChI=1S/C16H19NO/c1-3-18-16-6-4-5-15(11-16)17-12-14-9-7-13(2)8-10-14/h4-11,17H,3,12H2,1-2H3. The minimum atomic E-state index is 0.696. The summed E-state index contributed by atoms with van der Waals surface area (Å²) < 4.78 is 5.47. The van der Waals surface area contributed by atoms with Gasteiger partial charge < -0.3 is 10.1 Å². The molecule has 0 unspecified atom stereocenters. The summed E-state index contributed by atoms with van der Waals surface area (Å²) in [6.07, 6.45) is 0. The third kappa shape index (κ3) is 3.52. The Kier molecular flexibility index (Phi) is 4.24. The molecule has 0 bridgehead atoms. The molecule has 94 valence electrons. The van der Waals surface area contributed by atoms with E-state index in [9.17, 15) is 0 Å². The maximum Gasteiger partial charge on any atom is 0.121 e. The van der Waals surface area contributed by atoms with Gasteiger partial charge in [0.25, 0.3) is 0 Å². The van der Waals surface area contributed by atoms with Gasteiger partial charge in [-0.2, -0.15) is 0 Å². The molecular formula is C16H19NO. The van der Waals surface area contributed by atoms with Crippen molar-refractivity contribution in [2.45, 2.75) is 20.4 Å². The van der Waals surface area contributed by atoms with E-state index < -0.39 is 0 Å². The van der Waals surface area contributed by atoms with Gasteiger partial charge in [0.1, 0.15) is 5.75 Å². The largest absolute Gasteiger partial charge is 0.494 e. The number of rotatable bonds is 5. The smallest absolute Gasteiger partial charge is 0.121 e. The lowest BCUT2D eigenvalue weighted by molar-refractivity contribution is 0.340. The predicted octanol–water partition coefficient (Wildman–Crippen LogP) is 4.01. The van der Waals surface area contributed by atoms with Gasteiger partial charge in [-0.15, -0.1) is 0 Å². The summed E-state index contributed by atoms with van der Waals surface area (Å²) in [5.74, 6) is 0.909. The van der Waals surface area contributed by atoms with Crippen LogP contribution in [0.3, 0.4) is 0 Å². The Hall–Kier alpha value is -1.96. The number of anilines is 1. The quantitative estimate of drug-likeness (QED) is 0.854. The van der Waals surface area contributed by atoms with Crippen LogP contribution in [0.2, 0.25) is 0 Å². The van der Waals surface area contributed by atoms with Gasteiger partial charge in [0.05, 0.1) is 6.61 Å². The van der Waals surface area contributed by atoms with E-state index in [1.807, 2.05) is 25.1 Å². The molecular weight excluding hydrogens is 222 g/mol. The van der Waals surface area contributed by atoms with E-state index in [2.05, 4.69) is 42.6 Å². The number of benzene rings is 2. The highest BCUT2D eigenvalue weighted by molar-refractivity contribution is 5.48. The van der Waals surface area contributed by atoms with Crippen LogP contribution in [0, 0.1) is 6.92 Å². The second-order valence-electron chi connectivity index (χ2n) is 4.30. The van der Waals surface area contributed by atoms with Crippen LogP contribution < -0.4 is 10.1 Å². The summed E-state index contributed by atoms with van der Waals surface area (Å²) >= 11 is 0. The Morgan fingerprint density at radius 3 is 2.56 bits per heavy atom. The van der Waals surface area contributed by atoms with E-state index in [-0.39, 0.29) is 0 Å². The van der Waals surface area contributed by atoms with E-state index in [1.165, 1.54) is 11.1 Å². The molecule has 2 nitrogen and oxygen atoms in total. The Morgan fingerprint density at radius 2 is 1.83 bits per heavy atom. The third-order valence-corrected chi connectivity index (χ3v) is 2.76. The van der Waals surface area contributed by atoms with Gasteiger partial charge in [-0.05, 0) is 31.5 Å². The zero-order valence-electron chi connectivity index (χ0n) is 10.9. The fourth-order valence-corrected chi connectivity index (χ4v) is 1.77. The molecule has 0 radical (unpaired) electrons. The molecule has 0 fully saturated rings. The van der Waals surface area contributed by atoms with Gasteiger partial charge in [0.15, 0.2) is 0 Å². The highest BCUT2D eigenvalue weighted by atomic mass is 16.5. The molecule has 0 heterocycles. The number of ether oxygens (including phenoxy) is 1. The summed E-state index contributed by atoms with van der Waals surface area (Å²) in [5, 5.41) is 3.40. The van der Waals surface area contributed by atoms with Crippen LogP contribution in [-0.2, 0) is 6.54 Å². The zero-order valence-corrected chi connectivity index (χ0v) is 10.9. The summed E-state index contributed by atoms with van der Waals surface area (Å²) in [4.78, 5) is 0. The van der Waals surface area contributed by atoms with Gasteiger partial charge in [-0.25, -0.2) is 0 Å². The molecule has 2 heteroatoms. The maximum absolute atomic E-state index is 5.47. The molecule has 0 amide bonds.